The maximum atomic E-state index is 13.9. The van der Waals surface area contributed by atoms with E-state index in [4.69, 9.17) is 0 Å². The molecule has 1 aliphatic rings. The lowest BCUT2D eigenvalue weighted by Gasteiger charge is -2.31. The number of halogens is 9. The second-order valence-electron chi connectivity index (χ2n) is 5.26. The van der Waals surface area contributed by atoms with Crippen molar-refractivity contribution in [2.24, 2.45) is 0 Å². The molecule has 0 radical (unpaired) electrons. The molecule has 0 aromatic heterocycles. The topological polar surface area (TPSA) is 38.3 Å². The predicted molar refractivity (Wildman–Crippen MR) is 64.5 cm³/mol. The van der Waals surface area contributed by atoms with Gasteiger partial charge in [0, 0.05) is 5.69 Å². The SMILES string of the molecule is Cc1ccc(NC(=O)C(F)(F)[C@]2(F)OC(F)(F)C(F)(F)C2(F)F)cc1. The van der Waals surface area contributed by atoms with E-state index in [1.54, 1.807) is 6.92 Å². The minimum Gasteiger partial charge on any atom is -0.321 e. The Morgan fingerprint density at radius 1 is 0.960 bits per heavy atom. The number of anilines is 1. The molecule has 1 N–H and O–H groups in total. The molecule has 1 fully saturated rings. The van der Waals surface area contributed by atoms with E-state index >= 15 is 0 Å². The third kappa shape index (κ3) is 2.45. The molecule has 1 heterocycles. The van der Waals surface area contributed by atoms with E-state index in [2.05, 4.69) is 4.74 Å². The lowest BCUT2D eigenvalue weighted by molar-refractivity contribution is -0.366. The number of rotatable bonds is 3. The molecule has 1 saturated heterocycles. The molecule has 2 rings (SSSR count). The Hall–Kier alpha value is -1.98. The van der Waals surface area contributed by atoms with E-state index in [0.717, 1.165) is 12.1 Å². The standard InChI is InChI=1S/C13H8F9NO2/c1-6-2-4-7(5-3-6)23-8(24)9(14,15)12(20)10(16,17)11(18,19)13(21,22)25-12/h2-5H,1H3,(H,23,24)/t12-/m0/s1. The smallest absolute Gasteiger partial charge is 0.321 e. The summed E-state index contributed by atoms with van der Waals surface area (Å²) in [6.45, 7) is 1.56. The number of carbonyl (C=O) groups is 1. The molecule has 0 unspecified atom stereocenters. The Kier molecular flexibility index (Phi) is 4.07. The maximum Gasteiger partial charge on any atom is 0.428 e. The Morgan fingerprint density at radius 2 is 1.44 bits per heavy atom. The average Bonchev–Trinajstić information content (AvgIpc) is 2.57. The Labute approximate surface area is 133 Å². The summed E-state index contributed by atoms with van der Waals surface area (Å²) in [7, 11) is 0. The lowest BCUT2D eigenvalue weighted by atomic mass is 9.99. The number of amides is 1. The zero-order valence-electron chi connectivity index (χ0n) is 12.0. The van der Waals surface area contributed by atoms with E-state index in [1.165, 1.54) is 17.4 Å². The molecular weight excluding hydrogens is 373 g/mol. The van der Waals surface area contributed by atoms with Crippen LogP contribution < -0.4 is 5.32 Å². The van der Waals surface area contributed by atoms with Gasteiger partial charge >= 0.3 is 35.6 Å². The second-order valence-corrected chi connectivity index (χ2v) is 5.26. The van der Waals surface area contributed by atoms with Gasteiger partial charge < -0.3 is 5.32 Å². The van der Waals surface area contributed by atoms with Crippen LogP contribution in [0.15, 0.2) is 24.3 Å². The molecule has 0 bridgehead atoms. The van der Waals surface area contributed by atoms with Gasteiger partial charge in [0.1, 0.15) is 0 Å². The molecular formula is C13H8F9NO2. The average molecular weight is 381 g/mol. The predicted octanol–water partition coefficient (Wildman–Crippen LogP) is 4.13. The molecule has 1 amide bonds. The van der Waals surface area contributed by atoms with E-state index < -0.39 is 41.3 Å². The van der Waals surface area contributed by atoms with Gasteiger partial charge in [0.25, 0.3) is 0 Å². The summed E-state index contributed by atoms with van der Waals surface area (Å²) in [4.78, 5) is 11.4. The van der Waals surface area contributed by atoms with Crippen LogP contribution in [0.1, 0.15) is 5.56 Å². The largest absolute Gasteiger partial charge is 0.428 e. The maximum absolute atomic E-state index is 13.9. The molecule has 3 nitrogen and oxygen atoms in total. The van der Waals surface area contributed by atoms with Gasteiger partial charge in [-0.2, -0.15) is 39.5 Å². The molecule has 1 aromatic carbocycles. The van der Waals surface area contributed by atoms with Crippen molar-refractivity contribution >= 4 is 11.6 Å². The minimum absolute atomic E-state index is 0.446. The van der Waals surface area contributed by atoms with Crippen molar-refractivity contribution < 1.29 is 49.0 Å². The fourth-order valence-electron chi connectivity index (χ4n) is 1.94. The molecule has 1 aromatic rings. The van der Waals surface area contributed by atoms with Gasteiger partial charge in [-0.05, 0) is 19.1 Å². The number of benzene rings is 1. The second kappa shape index (κ2) is 5.26. The van der Waals surface area contributed by atoms with Crippen molar-refractivity contribution in [3.8, 4) is 0 Å². The van der Waals surface area contributed by atoms with E-state index in [-0.39, 0.29) is 0 Å². The Bertz CT molecular complexity index is 689. The zero-order chi connectivity index (χ0) is 19.5. The molecule has 1 atom stereocenters. The lowest BCUT2D eigenvalue weighted by Crippen LogP contribution is -2.63. The number of nitrogens with one attached hydrogen (secondary N) is 1. The van der Waals surface area contributed by atoms with E-state index in [0.29, 0.717) is 5.56 Å². The summed E-state index contributed by atoms with van der Waals surface area (Å²) in [6.07, 6.45) is -6.27. The zero-order valence-corrected chi connectivity index (χ0v) is 12.0. The van der Waals surface area contributed by atoms with E-state index in [1.807, 2.05) is 0 Å². The van der Waals surface area contributed by atoms with Crippen LogP contribution in [-0.2, 0) is 9.53 Å². The minimum atomic E-state index is -6.70. The molecule has 25 heavy (non-hydrogen) atoms. The van der Waals surface area contributed by atoms with Crippen molar-refractivity contribution in [1.82, 2.24) is 0 Å². The first-order valence-electron chi connectivity index (χ1n) is 6.38. The summed E-state index contributed by atoms with van der Waals surface area (Å²) < 4.78 is 122. The monoisotopic (exact) mass is 381 g/mol. The van der Waals surface area contributed by atoms with Gasteiger partial charge in [-0.25, -0.2) is 0 Å². The summed E-state index contributed by atoms with van der Waals surface area (Å²) >= 11 is 0. The fraction of sp³-hybridized carbons (Fsp3) is 0.462. The van der Waals surface area contributed by atoms with Gasteiger partial charge in [-0.3, -0.25) is 9.53 Å². The number of carbonyl (C=O) groups excluding carboxylic acids is 1. The van der Waals surface area contributed by atoms with Crippen molar-refractivity contribution in [3.63, 3.8) is 0 Å². The third-order valence-electron chi connectivity index (χ3n) is 3.43. The highest BCUT2D eigenvalue weighted by Crippen LogP contribution is 2.64. The van der Waals surface area contributed by atoms with Crippen molar-refractivity contribution in [3.05, 3.63) is 29.8 Å². The molecule has 140 valence electrons. The van der Waals surface area contributed by atoms with Crippen molar-refractivity contribution in [2.45, 2.75) is 36.7 Å². The van der Waals surface area contributed by atoms with Crippen LogP contribution in [0.4, 0.5) is 45.2 Å². The number of hydrogen-bond acceptors (Lipinski definition) is 2. The van der Waals surface area contributed by atoms with Crippen LogP contribution in [0, 0.1) is 6.92 Å². The molecule has 0 spiro atoms. The summed E-state index contributed by atoms with van der Waals surface area (Å²) in [5, 5.41) is 1.27. The number of alkyl halides is 9. The van der Waals surface area contributed by atoms with Crippen LogP contribution in [0.3, 0.4) is 0 Å². The molecule has 12 heteroatoms. The van der Waals surface area contributed by atoms with Crippen LogP contribution in [-0.4, -0.2) is 35.6 Å². The Balaban J connectivity index is 2.40. The molecule has 0 saturated carbocycles. The number of hydrogen-bond donors (Lipinski definition) is 1. The normalized spacial score (nSPS) is 27.1. The third-order valence-corrected chi connectivity index (χ3v) is 3.43. The fourth-order valence-corrected chi connectivity index (χ4v) is 1.94. The first-order valence-corrected chi connectivity index (χ1v) is 6.38. The first kappa shape index (κ1) is 19.3. The summed E-state index contributed by atoms with van der Waals surface area (Å²) in [6, 6.07) is 4.57. The van der Waals surface area contributed by atoms with E-state index in [9.17, 15) is 44.3 Å². The summed E-state index contributed by atoms with van der Waals surface area (Å²) in [5.41, 5.74) is 0.148. The number of ether oxygens (including phenoxy) is 1. The van der Waals surface area contributed by atoms with Gasteiger partial charge in [0.2, 0.25) is 0 Å². The van der Waals surface area contributed by atoms with Gasteiger partial charge in [-0.1, -0.05) is 17.7 Å². The van der Waals surface area contributed by atoms with Gasteiger partial charge in [-0.15, -0.1) is 0 Å². The van der Waals surface area contributed by atoms with Crippen LogP contribution in [0.5, 0.6) is 0 Å². The highest BCUT2D eigenvalue weighted by molar-refractivity contribution is 5.97. The quantitative estimate of drug-likeness (QED) is 0.800. The van der Waals surface area contributed by atoms with Gasteiger partial charge in [0.15, 0.2) is 0 Å². The molecule has 1 aliphatic heterocycles. The summed E-state index contributed by atoms with van der Waals surface area (Å²) in [5.74, 6) is -28.5. The highest BCUT2D eigenvalue weighted by atomic mass is 19.4. The van der Waals surface area contributed by atoms with Gasteiger partial charge in [0.05, 0.1) is 0 Å². The van der Waals surface area contributed by atoms with Crippen LogP contribution in [0.2, 0.25) is 0 Å². The van der Waals surface area contributed by atoms with Crippen LogP contribution >= 0.6 is 0 Å². The van der Waals surface area contributed by atoms with Crippen molar-refractivity contribution in [2.75, 3.05) is 5.32 Å². The first-order chi connectivity index (χ1) is 11.1. The number of aryl methyl sites for hydroxylation is 1. The highest BCUT2D eigenvalue weighted by Gasteiger charge is 2.96. The van der Waals surface area contributed by atoms with Crippen molar-refractivity contribution in [1.29, 1.82) is 0 Å². The molecule has 0 aliphatic carbocycles. The Morgan fingerprint density at radius 3 is 1.84 bits per heavy atom. The van der Waals surface area contributed by atoms with Crippen LogP contribution in [0.25, 0.3) is 0 Å².